The van der Waals surface area contributed by atoms with Crippen molar-refractivity contribution in [2.75, 3.05) is 4.72 Å². The third kappa shape index (κ3) is 5.39. The number of rotatable bonds is 7. The van der Waals surface area contributed by atoms with Crippen molar-refractivity contribution in [3.63, 3.8) is 0 Å². The molecule has 0 aliphatic rings. The molecule has 0 aliphatic heterocycles. The number of non-ortho nitro benzene ring substituents is 1. The van der Waals surface area contributed by atoms with E-state index in [1.54, 1.807) is 19.1 Å². The van der Waals surface area contributed by atoms with Crippen LogP contribution in [0.5, 0.6) is 11.5 Å². The van der Waals surface area contributed by atoms with Gasteiger partial charge in [-0.3, -0.25) is 19.4 Å². The lowest BCUT2D eigenvalue weighted by molar-refractivity contribution is -0.384. The summed E-state index contributed by atoms with van der Waals surface area (Å²) in [6, 6.07) is 13.7. The molecule has 196 valence electrons. The summed E-state index contributed by atoms with van der Waals surface area (Å²) in [4.78, 5) is 9.40. The van der Waals surface area contributed by atoms with Gasteiger partial charge in [0.25, 0.3) is 25.8 Å². The number of azo groups is 1. The average Bonchev–Trinajstić information content (AvgIpc) is 2.84. The van der Waals surface area contributed by atoms with Crippen LogP contribution in [-0.2, 0) is 20.1 Å². The average molecular weight is 559 g/mol. The highest BCUT2D eigenvalue weighted by Gasteiger charge is 2.23. The van der Waals surface area contributed by atoms with E-state index in [2.05, 4.69) is 15.0 Å². The zero-order valence-corrected chi connectivity index (χ0v) is 20.9. The van der Waals surface area contributed by atoms with Gasteiger partial charge in [-0.05, 0) is 48.7 Å². The number of phenols is 2. The predicted molar refractivity (Wildman–Crippen MR) is 136 cm³/mol. The summed E-state index contributed by atoms with van der Waals surface area (Å²) in [7, 11) is -8.97. The molecular weight excluding hydrogens is 540 g/mol. The topological polar surface area (TPSA) is 209 Å². The number of fused-ring (bicyclic) bond motifs is 1. The Balaban J connectivity index is 1.83. The lowest BCUT2D eigenvalue weighted by Gasteiger charge is -2.12. The Hall–Kier alpha value is -4.60. The van der Waals surface area contributed by atoms with Crippen molar-refractivity contribution in [3.8, 4) is 11.5 Å². The van der Waals surface area contributed by atoms with Gasteiger partial charge >= 0.3 is 0 Å². The second-order valence-corrected chi connectivity index (χ2v) is 11.1. The lowest BCUT2D eigenvalue weighted by atomic mass is 10.1. The van der Waals surface area contributed by atoms with Gasteiger partial charge in [0.2, 0.25) is 0 Å². The van der Waals surface area contributed by atoms with Crippen LogP contribution in [0.4, 0.5) is 22.7 Å². The summed E-state index contributed by atoms with van der Waals surface area (Å²) < 4.78 is 61.6. The third-order valence-electron chi connectivity index (χ3n) is 5.34. The molecule has 0 unspecified atom stereocenters. The van der Waals surface area contributed by atoms with E-state index in [9.17, 15) is 41.7 Å². The molecule has 4 rings (SSSR count). The molecule has 0 saturated carbocycles. The molecule has 0 saturated heterocycles. The third-order valence-corrected chi connectivity index (χ3v) is 7.61. The standard InChI is InChI=1S/C23H18N4O9S2/c1-13-2-7-17(8-3-13)37(32,33)26-15-5-4-14-10-21(38(34,35)36)22(23(29)18(14)11-15)25-24-19-12-16(27(30)31)6-9-20(19)28/h2-12,26,28-29H,1H3,(H,34,35,36). The molecule has 0 heterocycles. The van der Waals surface area contributed by atoms with E-state index in [-0.39, 0.29) is 21.4 Å². The number of sulfonamides is 1. The van der Waals surface area contributed by atoms with E-state index in [4.69, 9.17) is 0 Å². The van der Waals surface area contributed by atoms with E-state index < -0.39 is 58.5 Å². The second-order valence-electron chi connectivity index (χ2n) is 8.03. The molecule has 0 aromatic heterocycles. The van der Waals surface area contributed by atoms with Crippen molar-refractivity contribution in [2.45, 2.75) is 16.7 Å². The molecule has 0 aliphatic carbocycles. The molecule has 0 atom stereocenters. The van der Waals surface area contributed by atoms with Crippen LogP contribution in [0.1, 0.15) is 5.56 Å². The molecule has 13 nitrogen and oxygen atoms in total. The van der Waals surface area contributed by atoms with Crippen LogP contribution < -0.4 is 4.72 Å². The van der Waals surface area contributed by atoms with Crippen LogP contribution in [-0.4, -0.2) is 36.5 Å². The van der Waals surface area contributed by atoms with E-state index in [0.29, 0.717) is 0 Å². The Morgan fingerprint density at radius 3 is 2.21 bits per heavy atom. The summed E-state index contributed by atoms with van der Waals surface area (Å²) in [5.41, 5.74) is -0.731. The maximum absolute atomic E-state index is 12.8. The summed E-state index contributed by atoms with van der Waals surface area (Å²) in [5.74, 6) is -1.32. The largest absolute Gasteiger partial charge is 0.506 e. The summed E-state index contributed by atoms with van der Waals surface area (Å²) in [6.45, 7) is 1.80. The minimum absolute atomic E-state index is 0.0135. The molecule has 4 aromatic carbocycles. The number of phenolic OH excluding ortho intramolecular Hbond substituents is 2. The smallest absolute Gasteiger partial charge is 0.296 e. The van der Waals surface area contributed by atoms with Crippen LogP contribution in [0.3, 0.4) is 0 Å². The molecule has 0 bridgehead atoms. The van der Waals surface area contributed by atoms with Crippen molar-refractivity contribution in [3.05, 3.63) is 82.4 Å². The van der Waals surface area contributed by atoms with Crippen LogP contribution in [0.25, 0.3) is 10.8 Å². The number of nitro benzene ring substituents is 1. The molecule has 0 radical (unpaired) electrons. The highest BCUT2D eigenvalue weighted by atomic mass is 32.2. The highest BCUT2D eigenvalue weighted by Crippen LogP contribution is 2.43. The lowest BCUT2D eigenvalue weighted by Crippen LogP contribution is -2.12. The van der Waals surface area contributed by atoms with Crippen molar-refractivity contribution in [2.24, 2.45) is 10.2 Å². The first kappa shape index (κ1) is 26.5. The van der Waals surface area contributed by atoms with Crippen molar-refractivity contribution in [1.82, 2.24) is 0 Å². The first-order valence-corrected chi connectivity index (χ1v) is 13.4. The minimum atomic E-state index is -4.96. The molecule has 4 N–H and O–H groups in total. The molecule has 15 heteroatoms. The van der Waals surface area contributed by atoms with Gasteiger partial charge in [-0.25, -0.2) is 8.42 Å². The van der Waals surface area contributed by atoms with Crippen LogP contribution in [0, 0.1) is 17.0 Å². The Bertz CT molecular complexity index is 1840. The first-order valence-electron chi connectivity index (χ1n) is 10.5. The zero-order valence-electron chi connectivity index (χ0n) is 19.3. The Kier molecular flexibility index (Phi) is 6.75. The molecule has 4 aromatic rings. The van der Waals surface area contributed by atoms with Gasteiger partial charge in [0.1, 0.15) is 22.0 Å². The number of anilines is 1. The van der Waals surface area contributed by atoms with Crippen LogP contribution in [0.2, 0.25) is 0 Å². The van der Waals surface area contributed by atoms with Gasteiger partial charge in [0.05, 0.1) is 9.82 Å². The number of aryl methyl sites for hydroxylation is 1. The normalized spacial score (nSPS) is 12.2. The fourth-order valence-electron chi connectivity index (χ4n) is 3.44. The Labute approximate surface area is 215 Å². The number of nitrogens with one attached hydrogen (secondary N) is 1. The molecule has 0 spiro atoms. The Morgan fingerprint density at radius 1 is 0.895 bits per heavy atom. The summed E-state index contributed by atoms with van der Waals surface area (Å²) in [6.07, 6.45) is 0. The van der Waals surface area contributed by atoms with Crippen LogP contribution >= 0.6 is 0 Å². The van der Waals surface area contributed by atoms with Crippen LogP contribution in [0.15, 0.2) is 86.7 Å². The molecule has 0 fully saturated rings. The van der Waals surface area contributed by atoms with Gasteiger partial charge in [-0.1, -0.05) is 23.8 Å². The molecular formula is C23H18N4O9S2. The number of hydrogen-bond acceptors (Lipinski definition) is 10. The van der Waals surface area contributed by atoms with E-state index in [1.165, 1.54) is 30.3 Å². The van der Waals surface area contributed by atoms with Gasteiger partial charge in [-0.15, -0.1) is 10.2 Å². The summed E-state index contributed by atoms with van der Waals surface area (Å²) >= 11 is 0. The van der Waals surface area contributed by atoms with Gasteiger partial charge < -0.3 is 10.2 Å². The predicted octanol–water partition coefficient (Wildman–Crippen LogP) is 4.93. The van der Waals surface area contributed by atoms with E-state index in [1.807, 2.05) is 0 Å². The first-order chi connectivity index (χ1) is 17.8. The number of benzene rings is 4. The SMILES string of the molecule is Cc1ccc(S(=O)(=O)Nc2ccc3cc(S(=O)(=O)O)c(N=Nc4cc([N+](=O)[O-])ccc4O)c(O)c3c2)cc1. The second kappa shape index (κ2) is 9.70. The number of nitro groups is 1. The van der Waals surface area contributed by atoms with Gasteiger partial charge in [-0.2, -0.15) is 8.42 Å². The highest BCUT2D eigenvalue weighted by molar-refractivity contribution is 7.92. The minimum Gasteiger partial charge on any atom is -0.506 e. The summed E-state index contributed by atoms with van der Waals surface area (Å²) in [5, 5.41) is 39.1. The van der Waals surface area contributed by atoms with Crippen molar-refractivity contribution in [1.29, 1.82) is 0 Å². The van der Waals surface area contributed by atoms with E-state index >= 15 is 0 Å². The zero-order chi connectivity index (χ0) is 27.8. The number of nitrogens with zero attached hydrogens (tertiary/aromatic N) is 3. The Morgan fingerprint density at radius 2 is 1.58 bits per heavy atom. The molecule has 38 heavy (non-hydrogen) atoms. The van der Waals surface area contributed by atoms with E-state index in [0.717, 1.165) is 29.8 Å². The fourth-order valence-corrected chi connectivity index (χ4v) is 5.15. The van der Waals surface area contributed by atoms with Crippen molar-refractivity contribution < 1.29 is 36.5 Å². The quantitative estimate of drug-likeness (QED) is 0.105. The van der Waals surface area contributed by atoms with Gasteiger partial charge in [0, 0.05) is 23.2 Å². The fraction of sp³-hybridized carbons (Fsp3) is 0.0435. The maximum Gasteiger partial charge on any atom is 0.296 e. The maximum atomic E-state index is 12.8. The van der Waals surface area contributed by atoms with Gasteiger partial charge in [0.15, 0.2) is 5.75 Å². The molecule has 0 amide bonds. The monoisotopic (exact) mass is 558 g/mol. The van der Waals surface area contributed by atoms with Crippen molar-refractivity contribution >= 4 is 53.7 Å². The number of hydrogen-bond donors (Lipinski definition) is 4. The number of aromatic hydroxyl groups is 2.